The molecule has 0 unspecified atom stereocenters. The van der Waals surface area contributed by atoms with Crippen molar-refractivity contribution in [1.82, 2.24) is 4.98 Å². The maximum atomic E-state index is 10.6. The third kappa shape index (κ3) is 2.87. The van der Waals surface area contributed by atoms with Crippen molar-refractivity contribution in [1.29, 1.82) is 0 Å². The van der Waals surface area contributed by atoms with E-state index in [2.05, 4.69) is 11.0 Å². The Morgan fingerprint density at radius 3 is 2.71 bits per heavy atom. The molecule has 1 aromatic heterocycles. The van der Waals surface area contributed by atoms with Gasteiger partial charge in [-0.2, -0.15) is 0 Å². The number of anilines is 1. The molecular weight excluding hydrogens is 262 g/mol. The van der Waals surface area contributed by atoms with Crippen LogP contribution in [0.2, 0.25) is 0 Å². The van der Waals surface area contributed by atoms with E-state index in [0.717, 1.165) is 48.0 Å². The standard InChI is InChI=1S/C17H23N3O/c1-20(12-17(21)8-4-5-9-17)16-10-13(11-18)14-6-2-3-7-15(14)19-16/h2-3,6-7,10,21H,4-5,8-9,11-12,18H2,1H3. The number of aliphatic hydroxyl groups is 1. The first-order valence-electron chi connectivity index (χ1n) is 7.64. The Morgan fingerprint density at radius 1 is 1.29 bits per heavy atom. The molecule has 0 atom stereocenters. The summed E-state index contributed by atoms with van der Waals surface area (Å²) in [5.74, 6) is 0.884. The normalized spacial score (nSPS) is 17.3. The number of nitrogens with two attached hydrogens (primary N) is 1. The van der Waals surface area contributed by atoms with E-state index in [9.17, 15) is 5.11 Å². The van der Waals surface area contributed by atoms with E-state index in [1.807, 2.05) is 31.3 Å². The molecule has 3 rings (SSSR count). The van der Waals surface area contributed by atoms with Crippen molar-refractivity contribution in [2.75, 3.05) is 18.5 Å². The van der Waals surface area contributed by atoms with Crippen molar-refractivity contribution < 1.29 is 5.11 Å². The molecule has 4 nitrogen and oxygen atoms in total. The highest BCUT2D eigenvalue weighted by molar-refractivity contribution is 5.84. The second kappa shape index (κ2) is 5.62. The van der Waals surface area contributed by atoms with Crippen molar-refractivity contribution in [3.63, 3.8) is 0 Å². The number of hydrogen-bond donors (Lipinski definition) is 2. The lowest BCUT2D eigenvalue weighted by Gasteiger charge is -2.29. The predicted octanol–water partition coefficient (Wildman–Crippen LogP) is 2.43. The Hall–Kier alpha value is -1.65. The van der Waals surface area contributed by atoms with Crippen LogP contribution in [0.3, 0.4) is 0 Å². The highest BCUT2D eigenvalue weighted by Crippen LogP contribution is 2.31. The fourth-order valence-corrected chi connectivity index (χ4v) is 3.31. The number of hydrogen-bond acceptors (Lipinski definition) is 4. The van der Waals surface area contributed by atoms with Crippen LogP contribution < -0.4 is 10.6 Å². The molecule has 0 radical (unpaired) electrons. The van der Waals surface area contributed by atoms with E-state index in [1.165, 1.54) is 0 Å². The van der Waals surface area contributed by atoms with Crippen LogP contribution >= 0.6 is 0 Å². The fraction of sp³-hybridized carbons (Fsp3) is 0.471. The van der Waals surface area contributed by atoms with E-state index in [0.29, 0.717) is 13.1 Å². The predicted molar refractivity (Wildman–Crippen MR) is 86.3 cm³/mol. The molecule has 0 bridgehead atoms. The molecule has 0 saturated heterocycles. The van der Waals surface area contributed by atoms with Crippen molar-refractivity contribution >= 4 is 16.7 Å². The van der Waals surface area contributed by atoms with Gasteiger partial charge in [-0.05, 0) is 30.5 Å². The van der Waals surface area contributed by atoms with Crippen LogP contribution in [0.4, 0.5) is 5.82 Å². The average Bonchev–Trinajstić information content (AvgIpc) is 2.92. The van der Waals surface area contributed by atoms with Gasteiger partial charge in [-0.1, -0.05) is 31.0 Å². The van der Waals surface area contributed by atoms with E-state index in [4.69, 9.17) is 10.7 Å². The molecule has 0 spiro atoms. The number of rotatable bonds is 4. The summed E-state index contributed by atoms with van der Waals surface area (Å²) in [5, 5.41) is 11.7. The maximum absolute atomic E-state index is 10.6. The molecule has 1 aliphatic carbocycles. The molecule has 3 N–H and O–H groups in total. The van der Waals surface area contributed by atoms with Crippen molar-refractivity contribution in [2.24, 2.45) is 5.73 Å². The van der Waals surface area contributed by atoms with Gasteiger partial charge in [-0.15, -0.1) is 0 Å². The van der Waals surface area contributed by atoms with Gasteiger partial charge in [-0.25, -0.2) is 4.98 Å². The van der Waals surface area contributed by atoms with Gasteiger partial charge in [0.2, 0.25) is 0 Å². The number of aromatic nitrogens is 1. The largest absolute Gasteiger partial charge is 0.388 e. The van der Waals surface area contributed by atoms with Gasteiger partial charge in [0, 0.05) is 25.5 Å². The molecule has 1 aliphatic rings. The fourth-order valence-electron chi connectivity index (χ4n) is 3.31. The summed E-state index contributed by atoms with van der Waals surface area (Å²) in [6, 6.07) is 10.1. The SMILES string of the molecule is CN(CC1(O)CCCC1)c1cc(CN)c2ccccc2n1. The highest BCUT2D eigenvalue weighted by Gasteiger charge is 2.32. The zero-order chi connectivity index (χ0) is 14.9. The van der Waals surface area contributed by atoms with Gasteiger partial charge in [0.05, 0.1) is 11.1 Å². The number of pyridine rings is 1. The van der Waals surface area contributed by atoms with Crippen LogP contribution in [0.5, 0.6) is 0 Å². The van der Waals surface area contributed by atoms with Gasteiger partial charge in [0.1, 0.15) is 5.82 Å². The summed E-state index contributed by atoms with van der Waals surface area (Å²) in [4.78, 5) is 6.77. The quantitative estimate of drug-likeness (QED) is 0.905. The summed E-state index contributed by atoms with van der Waals surface area (Å²) in [7, 11) is 1.99. The Balaban J connectivity index is 1.92. The monoisotopic (exact) mass is 285 g/mol. The first-order chi connectivity index (χ1) is 10.1. The average molecular weight is 285 g/mol. The molecule has 1 aromatic carbocycles. The van der Waals surface area contributed by atoms with Gasteiger partial charge in [-0.3, -0.25) is 0 Å². The van der Waals surface area contributed by atoms with Crippen LogP contribution in [0.1, 0.15) is 31.2 Å². The summed E-state index contributed by atoms with van der Waals surface area (Å²) in [6.07, 6.45) is 4.00. The summed E-state index contributed by atoms with van der Waals surface area (Å²) in [5.41, 5.74) is 7.37. The number of nitrogens with zero attached hydrogens (tertiary/aromatic N) is 2. The van der Waals surface area contributed by atoms with Gasteiger partial charge < -0.3 is 15.7 Å². The van der Waals surface area contributed by atoms with Crippen LogP contribution in [0.15, 0.2) is 30.3 Å². The topological polar surface area (TPSA) is 62.4 Å². The van der Waals surface area contributed by atoms with Gasteiger partial charge in [0.25, 0.3) is 0 Å². The lowest BCUT2D eigenvalue weighted by molar-refractivity contribution is 0.0558. The van der Waals surface area contributed by atoms with E-state index < -0.39 is 5.60 Å². The van der Waals surface area contributed by atoms with Crippen LogP contribution in [-0.4, -0.2) is 29.3 Å². The zero-order valence-electron chi connectivity index (χ0n) is 12.5. The molecule has 1 heterocycles. The second-order valence-electron chi connectivity index (χ2n) is 6.15. The Bertz CT molecular complexity index is 635. The Kier molecular flexibility index (Phi) is 3.83. The summed E-state index contributed by atoms with van der Waals surface area (Å²) in [6.45, 7) is 1.12. The van der Waals surface area contributed by atoms with Crippen LogP contribution in [0, 0.1) is 0 Å². The second-order valence-corrected chi connectivity index (χ2v) is 6.15. The minimum Gasteiger partial charge on any atom is -0.388 e. The summed E-state index contributed by atoms with van der Waals surface area (Å²) < 4.78 is 0. The number of fused-ring (bicyclic) bond motifs is 1. The van der Waals surface area contributed by atoms with Gasteiger partial charge >= 0.3 is 0 Å². The minimum absolute atomic E-state index is 0.494. The molecule has 0 aliphatic heterocycles. The van der Waals surface area contributed by atoms with Gasteiger partial charge in [0.15, 0.2) is 0 Å². The Morgan fingerprint density at radius 2 is 2.00 bits per heavy atom. The zero-order valence-corrected chi connectivity index (χ0v) is 12.5. The number of benzene rings is 1. The molecule has 2 aromatic rings. The van der Waals surface area contributed by atoms with E-state index >= 15 is 0 Å². The maximum Gasteiger partial charge on any atom is 0.129 e. The molecule has 1 fully saturated rings. The lowest BCUT2D eigenvalue weighted by Crippen LogP contribution is -2.39. The molecular formula is C17H23N3O. The third-order valence-electron chi connectivity index (χ3n) is 4.47. The van der Waals surface area contributed by atoms with Crippen LogP contribution in [0.25, 0.3) is 10.9 Å². The van der Waals surface area contributed by atoms with Crippen molar-refractivity contribution in [3.05, 3.63) is 35.9 Å². The first kappa shape index (κ1) is 14.3. The third-order valence-corrected chi connectivity index (χ3v) is 4.47. The summed E-state index contributed by atoms with van der Waals surface area (Å²) >= 11 is 0. The first-order valence-corrected chi connectivity index (χ1v) is 7.64. The molecule has 21 heavy (non-hydrogen) atoms. The van der Waals surface area contributed by atoms with E-state index in [-0.39, 0.29) is 0 Å². The minimum atomic E-state index is -0.565. The smallest absolute Gasteiger partial charge is 0.129 e. The molecule has 0 amide bonds. The van der Waals surface area contributed by atoms with E-state index in [1.54, 1.807) is 0 Å². The number of para-hydroxylation sites is 1. The van der Waals surface area contributed by atoms with Crippen molar-refractivity contribution in [3.8, 4) is 0 Å². The van der Waals surface area contributed by atoms with Crippen molar-refractivity contribution in [2.45, 2.75) is 37.8 Å². The number of likely N-dealkylation sites (N-methyl/N-ethyl adjacent to an activating group) is 1. The van der Waals surface area contributed by atoms with Crippen LogP contribution in [-0.2, 0) is 6.54 Å². The molecule has 1 saturated carbocycles. The molecule has 112 valence electrons. The highest BCUT2D eigenvalue weighted by atomic mass is 16.3. The Labute approximate surface area is 125 Å². The lowest BCUT2D eigenvalue weighted by atomic mass is 10.0. The molecule has 4 heteroatoms.